The first kappa shape index (κ1) is 16.4. The van der Waals surface area contributed by atoms with E-state index in [0.29, 0.717) is 6.42 Å². The summed E-state index contributed by atoms with van der Waals surface area (Å²) in [7, 11) is 0. The standard InChI is InChI=1S/C12H22N2O4/c1-3-5-6-8(4-2)11(16)14-9(12(17)18)7-10(13)15/h8-9H,3-7H2,1-2H3,(H2,13,15)(H,14,16)(H,17,18)/t8?,9-/m0/s1. The molecule has 6 heteroatoms. The van der Waals surface area contributed by atoms with Crippen molar-refractivity contribution in [3.05, 3.63) is 0 Å². The van der Waals surface area contributed by atoms with Crippen molar-refractivity contribution in [1.29, 1.82) is 0 Å². The third kappa shape index (κ3) is 6.22. The lowest BCUT2D eigenvalue weighted by Gasteiger charge is -2.18. The molecule has 0 spiro atoms. The number of nitrogens with one attached hydrogen (secondary N) is 1. The fourth-order valence-electron chi connectivity index (χ4n) is 1.66. The fraction of sp³-hybridized carbons (Fsp3) is 0.750. The van der Waals surface area contributed by atoms with Gasteiger partial charge in [0, 0.05) is 5.92 Å². The number of carboxylic acid groups (broad SMARTS) is 1. The summed E-state index contributed by atoms with van der Waals surface area (Å²) >= 11 is 0. The van der Waals surface area contributed by atoms with E-state index in [0.717, 1.165) is 19.3 Å². The van der Waals surface area contributed by atoms with Crippen molar-refractivity contribution in [2.45, 2.75) is 52.0 Å². The molecule has 0 radical (unpaired) electrons. The summed E-state index contributed by atoms with van der Waals surface area (Å²) in [5.41, 5.74) is 4.94. The maximum atomic E-state index is 11.8. The highest BCUT2D eigenvalue weighted by molar-refractivity contribution is 5.88. The number of carboxylic acids is 1. The molecule has 0 heterocycles. The number of primary amides is 1. The van der Waals surface area contributed by atoms with Crippen LogP contribution in [0.3, 0.4) is 0 Å². The first-order valence-corrected chi connectivity index (χ1v) is 6.23. The lowest BCUT2D eigenvalue weighted by molar-refractivity contribution is -0.144. The molecule has 0 fully saturated rings. The molecular weight excluding hydrogens is 236 g/mol. The van der Waals surface area contributed by atoms with Gasteiger partial charge in [0.05, 0.1) is 6.42 Å². The molecule has 1 unspecified atom stereocenters. The number of amides is 2. The van der Waals surface area contributed by atoms with Crippen molar-refractivity contribution >= 4 is 17.8 Å². The van der Waals surface area contributed by atoms with E-state index in [2.05, 4.69) is 5.32 Å². The van der Waals surface area contributed by atoms with Crippen molar-refractivity contribution in [2.24, 2.45) is 11.7 Å². The average Bonchev–Trinajstić information content (AvgIpc) is 2.28. The van der Waals surface area contributed by atoms with E-state index in [1.807, 2.05) is 13.8 Å². The Hall–Kier alpha value is -1.59. The molecule has 4 N–H and O–H groups in total. The predicted octanol–water partition coefficient (Wildman–Crippen LogP) is 0.648. The minimum atomic E-state index is -1.24. The number of carbonyl (C=O) groups is 3. The minimum absolute atomic E-state index is 0.209. The van der Waals surface area contributed by atoms with Crippen molar-refractivity contribution in [3.63, 3.8) is 0 Å². The summed E-state index contributed by atoms with van der Waals surface area (Å²) < 4.78 is 0. The Balaban J connectivity index is 4.46. The van der Waals surface area contributed by atoms with Crippen LogP contribution in [0.15, 0.2) is 0 Å². The molecule has 0 aliphatic carbocycles. The highest BCUT2D eigenvalue weighted by Gasteiger charge is 2.25. The Kier molecular flexibility index (Phi) is 7.74. The third-order valence-electron chi connectivity index (χ3n) is 2.79. The molecule has 2 atom stereocenters. The Labute approximate surface area is 107 Å². The average molecular weight is 258 g/mol. The van der Waals surface area contributed by atoms with E-state index < -0.39 is 17.9 Å². The molecule has 0 saturated heterocycles. The van der Waals surface area contributed by atoms with Crippen molar-refractivity contribution in [3.8, 4) is 0 Å². The van der Waals surface area contributed by atoms with Crippen LogP contribution in [0.1, 0.15) is 46.0 Å². The number of aliphatic carboxylic acids is 1. The molecule has 104 valence electrons. The van der Waals surface area contributed by atoms with Crippen LogP contribution in [0.2, 0.25) is 0 Å². The lowest BCUT2D eigenvalue weighted by atomic mass is 9.98. The predicted molar refractivity (Wildman–Crippen MR) is 66.7 cm³/mol. The topological polar surface area (TPSA) is 109 Å². The molecule has 0 bridgehead atoms. The van der Waals surface area contributed by atoms with Crippen LogP contribution in [0.5, 0.6) is 0 Å². The van der Waals surface area contributed by atoms with Crippen molar-refractivity contribution < 1.29 is 19.5 Å². The van der Waals surface area contributed by atoms with Crippen molar-refractivity contribution in [1.82, 2.24) is 5.32 Å². The summed E-state index contributed by atoms with van der Waals surface area (Å²) in [5, 5.41) is 11.2. The summed E-state index contributed by atoms with van der Waals surface area (Å²) in [6.07, 6.45) is 2.88. The van der Waals surface area contributed by atoms with Gasteiger partial charge >= 0.3 is 5.97 Å². The second kappa shape index (κ2) is 8.49. The van der Waals surface area contributed by atoms with E-state index in [1.54, 1.807) is 0 Å². The highest BCUT2D eigenvalue weighted by atomic mass is 16.4. The smallest absolute Gasteiger partial charge is 0.326 e. The van der Waals surface area contributed by atoms with Gasteiger partial charge in [-0.2, -0.15) is 0 Å². The first-order valence-electron chi connectivity index (χ1n) is 6.23. The number of hydrogen-bond donors (Lipinski definition) is 3. The number of rotatable bonds is 9. The number of carbonyl (C=O) groups excluding carboxylic acids is 2. The van der Waals surface area contributed by atoms with Crippen molar-refractivity contribution in [2.75, 3.05) is 0 Å². The van der Waals surface area contributed by atoms with Crippen LogP contribution in [-0.2, 0) is 14.4 Å². The van der Waals surface area contributed by atoms with Gasteiger partial charge in [0.1, 0.15) is 6.04 Å². The summed E-state index contributed by atoms with van der Waals surface area (Å²) in [6.45, 7) is 3.90. The second-order valence-corrected chi connectivity index (χ2v) is 4.32. The van der Waals surface area contributed by atoms with Gasteiger partial charge < -0.3 is 16.2 Å². The van der Waals surface area contributed by atoms with E-state index in [1.165, 1.54) is 0 Å². The normalized spacial score (nSPS) is 13.7. The molecule has 6 nitrogen and oxygen atoms in total. The van der Waals surface area contributed by atoms with E-state index in [-0.39, 0.29) is 18.2 Å². The third-order valence-corrected chi connectivity index (χ3v) is 2.79. The highest BCUT2D eigenvalue weighted by Crippen LogP contribution is 2.13. The van der Waals surface area contributed by atoms with Crippen LogP contribution in [0.25, 0.3) is 0 Å². The van der Waals surface area contributed by atoms with Gasteiger partial charge in [-0.15, -0.1) is 0 Å². The molecule has 0 saturated carbocycles. The zero-order valence-corrected chi connectivity index (χ0v) is 10.9. The molecule has 0 aromatic carbocycles. The van der Waals surface area contributed by atoms with Gasteiger partial charge in [-0.25, -0.2) is 4.79 Å². The van der Waals surface area contributed by atoms with Gasteiger partial charge in [-0.1, -0.05) is 26.7 Å². The van der Waals surface area contributed by atoms with Crippen LogP contribution in [0.4, 0.5) is 0 Å². The lowest BCUT2D eigenvalue weighted by Crippen LogP contribution is -2.45. The van der Waals surface area contributed by atoms with E-state index in [4.69, 9.17) is 10.8 Å². The molecule has 2 amide bonds. The van der Waals surface area contributed by atoms with E-state index in [9.17, 15) is 14.4 Å². The zero-order valence-electron chi connectivity index (χ0n) is 10.9. The van der Waals surface area contributed by atoms with Crippen LogP contribution < -0.4 is 11.1 Å². The maximum absolute atomic E-state index is 11.8. The summed E-state index contributed by atoms with van der Waals surface area (Å²) in [4.78, 5) is 33.4. The molecule has 0 aromatic heterocycles. The SMILES string of the molecule is CCCCC(CC)C(=O)N[C@@H](CC(N)=O)C(=O)O. The maximum Gasteiger partial charge on any atom is 0.326 e. The Bertz CT molecular complexity index is 304. The Morgan fingerprint density at radius 1 is 1.28 bits per heavy atom. The molecule has 0 aliphatic heterocycles. The van der Waals surface area contributed by atoms with Crippen LogP contribution in [-0.4, -0.2) is 28.9 Å². The van der Waals surface area contributed by atoms with Crippen LogP contribution in [0, 0.1) is 5.92 Å². The number of hydrogen-bond acceptors (Lipinski definition) is 3. The first-order chi connectivity index (χ1) is 8.42. The van der Waals surface area contributed by atoms with Gasteiger partial charge in [0.2, 0.25) is 11.8 Å². The molecule has 18 heavy (non-hydrogen) atoms. The summed E-state index contributed by atoms with van der Waals surface area (Å²) in [6, 6.07) is -1.23. The molecular formula is C12H22N2O4. The fourth-order valence-corrected chi connectivity index (χ4v) is 1.66. The quantitative estimate of drug-likeness (QED) is 0.564. The number of nitrogens with two attached hydrogens (primary N) is 1. The van der Waals surface area contributed by atoms with Crippen LogP contribution >= 0.6 is 0 Å². The Morgan fingerprint density at radius 2 is 1.89 bits per heavy atom. The minimum Gasteiger partial charge on any atom is -0.480 e. The van der Waals surface area contributed by atoms with Gasteiger partial charge in [0.25, 0.3) is 0 Å². The Morgan fingerprint density at radius 3 is 2.28 bits per heavy atom. The monoisotopic (exact) mass is 258 g/mol. The molecule has 0 rings (SSSR count). The largest absolute Gasteiger partial charge is 0.480 e. The zero-order chi connectivity index (χ0) is 14.1. The number of unbranched alkanes of at least 4 members (excludes halogenated alkanes) is 1. The summed E-state index contributed by atoms with van der Waals surface area (Å²) in [5.74, 6) is -2.52. The molecule has 0 aliphatic rings. The van der Waals surface area contributed by atoms with Gasteiger partial charge in [-0.3, -0.25) is 9.59 Å². The van der Waals surface area contributed by atoms with Gasteiger partial charge in [0.15, 0.2) is 0 Å². The van der Waals surface area contributed by atoms with E-state index >= 15 is 0 Å². The molecule has 0 aromatic rings. The second-order valence-electron chi connectivity index (χ2n) is 4.32. The van der Waals surface area contributed by atoms with Gasteiger partial charge in [-0.05, 0) is 12.8 Å².